The Balaban J connectivity index is 1.64. The van der Waals surface area contributed by atoms with Gasteiger partial charge in [-0.2, -0.15) is 8.78 Å². The van der Waals surface area contributed by atoms with Gasteiger partial charge in [0.15, 0.2) is 0 Å². The van der Waals surface area contributed by atoms with Gasteiger partial charge >= 0.3 is 6.61 Å². The minimum Gasteiger partial charge on any atom is -0.435 e. The zero-order valence-electron chi connectivity index (χ0n) is 16.0. The second kappa shape index (κ2) is 9.64. The Morgan fingerprint density at radius 1 is 1.10 bits per heavy atom. The van der Waals surface area contributed by atoms with Gasteiger partial charge in [-0.25, -0.2) is 0 Å². The minimum absolute atomic E-state index is 0.000704. The molecule has 0 bridgehead atoms. The first-order valence-corrected chi connectivity index (χ1v) is 9.04. The molecule has 2 N–H and O–H groups in total. The monoisotopic (exact) mass is 415 g/mol. The lowest BCUT2D eigenvalue weighted by Gasteiger charge is -2.17. The van der Waals surface area contributed by atoms with Crippen molar-refractivity contribution >= 4 is 17.7 Å². The Hall–Kier alpha value is -3.75. The number of hydrogen-bond donors (Lipinski definition) is 2. The zero-order valence-corrected chi connectivity index (χ0v) is 16.0. The molecule has 0 fully saturated rings. The fraction of sp³-hybridized carbons (Fsp3) is 0.190. The highest BCUT2D eigenvalue weighted by Gasteiger charge is 2.18. The van der Waals surface area contributed by atoms with Gasteiger partial charge in [-0.1, -0.05) is 35.5 Å². The first kappa shape index (κ1) is 21.0. The van der Waals surface area contributed by atoms with E-state index in [1.807, 2.05) is 30.3 Å². The van der Waals surface area contributed by atoms with E-state index in [2.05, 4.69) is 20.5 Å². The lowest BCUT2D eigenvalue weighted by atomic mass is 10.0. The third-order valence-electron chi connectivity index (χ3n) is 4.12. The lowest BCUT2D eigenvalue weighted by Crippen LogP contribution is -2.29. The van der Waals surface area contributed by atoms with Gasteiger partial charge in [0.1, 0.15) is 11.4 Å². The van der Waals surface area contributed by atoms with Crippen LogP contribution in [-0.2, 0) is 9.59 Å². The maximum Gasteiger partial charge on any atom is 0.387 e. The van der Waals surface area contributed by atoms with Crippen molar-refractivity contribution in [1.82, 2.24) is 10.5 Å². The van der Waals surface area contributed by atoms with Gasteiger partial charge in [-0.3, -0.25) is 14.9 Å². The summed E-state index contributed by atoms with van der Waals surface area (Å²) in [5.41, 5.74) is 1.81. The number of halogens is 2. The van der Waals surface area contributed by atoms with E-state index >= 15 is 0 Å². The number of amides is 2. The fourth-order valence-corrected chi connectivity index (χ4v) is 2.83. The topological polar surface area (TPSA) is 93.5 Å². The third-order valence-corrected chi connectivity index (χ3v) is 4.12. The average Bonchev–Trinajstić information content (AvgIpc) is 3.16. The molecule has 1 atom stereocenters. The largest absolute Gasteiger partial charge is 0.435 e. The standard InChI is InChI=1S/C21H19F2N3O4/c1-13(27)24-17(14-5-3-2-4-6-14)11-19(28)25-20-12-18(26-30-20)15-7-9-16(10-8-15)29-21(22)23/h2-10,12,17,21H,11H2,1H3,(H,24,27)(H,25,28). The maximum atomic E-state index is 12.4. The number of alkyl halides is 2. The summed E-state index contributed by atoms with van der Waals surface area (Å²) in [7, 11) is 0. The number of rotatable bonds is 8. The number of carbonyl (C=O) groups is 2. The molecule has 30 heavy (non-hydrogen) atoms. The summed E-state index contributed by atoms with van der Waals surface area (Å²) < 4.78 is 33.9. The summed E-state index contributed by atoms with van der Waals surface area (Å²) in [4.78, 5) is 23.9. The number of anilines is 1. The first-order chi connectivity index (χ1) is 14.4. The van der Waals surface area contributed by atoms with Gasteiger partial charge in [-0.15, -0.1) is 0 Å². The molecular formula is C21H19F2N3O4. The maximum absolute atomic E-state index is 12.4. The molecule has 0 saturated carbocycles. The van der Waals surface area contributed by atoms with Crippen LogP contribution >= 0.6 is 0 Å². The molecule has 0 aliphatic carbocycles. The summed E-state index contributed by atoms with van der Waals surface area (Å²) in [6, 6.07) is 16.0. The van der Waals surface area contributed by atoms with Crippen LogP contribution in [0.5, 0.6) is 5.75 Å². The van der Waals surface area contributed by atoms with Crippen molar-refractivity contribution in [3.8, 4) is 17.0 Å². The Morgan fingerprint density at radius 2 is 1.80 bits per heavy atom. The zero-order chi connectivity index (χ0) is 21.5. The minimum atomic E-state index is -2.90. The second-order valence-corrected chi connectivity index (χ2v) is 6.40. The fourth-order valence-electron chi connectivity index (χ4n) is 2.83. The van der Waals surface area contributed by atoms with E-state index in [4.69, 9.17) is 4.52 Å². The van der Waals surface area contributed by atoms with Crippen LogP contribution in [-0.4, -0.2) is 23.6 Å². The quantitative estimate of drug-likeness (QED) is 0.577. The average molecular weight is 415 g/mol. The molecule has 0 aliphatic rings. The van der Waals surface area contributed by atoms with E-state index in [0.717, 1.165) is 5.56 Å². The molecule has 1 unspecified atom stereocenters. The van der Waals surface area contributed by atoms with Crippen LogP contribution in [0, 0.1) is 0 Å². The van der Waals surface area contributed by atoms with Crippen LogP contribution < -0.4 is 15.4 Å². The molecular weight excluding hydrogens is 396 g/mol. The van der Waals surface area contributed by atoms with E-state index in [9.17, 15) is 18.4 Å². The molecule has 0 saturated heterocycles. The highest BCUT2D eigenvalue weighted by atomic mass is 19.3. The van der Waals surface area contributed by atoms with Crippen LogP contribution in [0.2, 0.25) is 0 Å². The van der Waals surface area contributed by atoms with Crippen LogP contribution in [0.1, 0.15) is 24.9 Å². The Labute approximate surface area is 171 Å². The van der Waals surface area contributed by atoms with Crippen LogP contribution in [0.3, 0.4) is 0 Å². The summed E-state index contributed by atoms with van der Waals surface area (Å²) >= 11 is 0. The van der Waals surface area contributed by atoms with Gasteiger partial charge in [0.05, 0.1) is 12.5 Å². The second-order valence-electron chi connectivity index (χ2n) is 6.40. The van der Waals surface area contributed by atoms with Gasteiger partial charge in [0, 0.05) is 18.6 Å². The Morgan fingerprint density at radius 3 is 2.43 bits per heavy atom. The van der Waals surface area contributed by atoms with E-state index in [1.54, 1.807) is 12.1 Å². The first-order valence-electron chi connectivity index (χ1n) is 9.04. The Bertz CT molecular complexity index is 991. The molecule has 2 aromatic carbocycles. The molecule has 1 aromatic heterocycles. The van der Waals surface area contributed by atoms with Gasteiger partial charge in [-0.05, 0) is 29.8 Å². The van der Waals surface area contributed by atoms with Gasteiger partial charge in [0.25, 0.3) is 0 Å². The predicted octanol–water partition coefficient (Wildman–Crippen LogP) is 4.15. The van der Waals surface area contributed by atoms with E-state index in [0.29, 0.717) is 11.3 Å². The highest BCUT2D eigenvalue weighted by Crippen LogP contribution is 2.25. The number of nitrogens with one attached hydrogen (secondary N) is 2. The number of ether oxygens (including phenoxy) is 1. The summed E-state index contributed by atoms with van der Waals surface area (Å²) in [5.74, 6) is -0.480. The van der Waals surface area contributed by atoms with Crippen molar-refractivity contribution in [3.63, 3.8) is 0 Å². The van der Waals surface area contributed by atoms with E-state index < -0.39 is 12.7 Å². The number of aromatic nitrogens is 1. The molecule has 1 heterocycles. The Kier molecular flexibility index (Phi) is 6.74. The summed E-state index contributed by atoms with van der Waals surface area (Å²) in [5, 5.41) is 9.22. The third kappa shape index (κ3) is 5.87. The molecule has 7 nitrogen and oxygen atoms in total. The number of nitrogens with zero attached hydrogens (tertiary/aromatic N) is 1. The number of hydrogen-bond acceptors (Lipinski definition) is 5. The van der Waals surface area contributed by atoms with Gasteiger partial charge < -0.3 is 14.6 Å². The molecule has 0 spiro atoms. The number of carbonyl (C=O) groups excluding carboxylic acids is 2. The van der Waals surface area contributed by atoms with Crippen LogP contribution in [0.4, 0.5) is 14.7 Å². The lowest BCUT2D eigenvalue weighted by molar-refractivity contribution is -0.120. The summed E-state index contributed by atoms with van der Waals surface area (Å²) in [6.07, 6.45) is -0.000704. The van der Waals surface area contributed by atoms with Crippen molar-refractivity contribution in [2.45, 2.75) is 26.0 Å². The predicted molar refractivity (Wildman–Crippen MR) is 105 cm³/mol. The van der Waals surface area contributed by atoms with Gasteiger partial charge in [0.2, 0.25) is 17.7 Å². The molecule has 0 radical (unpaired) electrons. The van der Waals surface area contributed by atoms with Crippen molar-refractivity contribution < 1.29 is 27.6 Å². The molecule has 3 rings (SSSR count). The molecule has 156 valence electrons. The van der Waals surface area contributed by atoms with Crippen molar-refractivity contribution in [2.75, 3.05) is 5.32 Å². The molecule has 9 heteroatoms. The SMILES string of the molecule is CC(=O)NC(CC(=O)Nc1cc(-c2ccc(OC(F)F)cc2)no1)c1ccccc1. The van der Waals surface area contributed by atoms with Crippen molar-refractivity contribution in [3.05, 3.63) is 66.2 Å². The normalized spacial score (nSPS) is 11.7. The van der Waals surface area contributed by atoms with Crippen LogP contribution in [0.25, 0.3) is 11.3 Å². The van der Waals surface area contributed by atoms with Crippen molar-refractivity contribution in [1.29, 1.82) is 0 Å². The molecule has 3 aromatic rings. The van der Waals surface area contributed by atoms with E-state index in [1.165, 1.54) is 25.1 Å². The van der Waals surface area contributed by atoms with Crippen LogP contribution in [0.15, 0.2) is 65.2 Å². The van der Waals surface area contributed by atoms with E-state index in [-0.39, 0.29) is 29.9 Å². The smallest absolute Gasteiger partial charge is 0.387 e. The number of benzene rings is 2. The molecule has 0 aliphatic heterocycles. The summed E-state index contributed by atoms with van der Waals surface area (Å²) in [6.45, 7) is -1.52. The van der Waals surface area contributed by atoms with Crippen molar-refractivity contribution in [2.24, 2.45) is 0 Å². The highest BCUT2D eigenvalue weighted by molar-refractivity contribution is 5.90. The molecule has 2 amide bonds.